The van der Waals surface area contributed by atoms with Crippen LogP contribution in [0.15, 0.2) is 59.0 Å². The molecule has 4 aromatic rings. The van der Waals surface area contributed by atoms with Gasteiger partial charge in [0.05, 0.1) is 11.1 Å². The zero-order valence-corrected chi connectivity index (χ0v) is 18.3. The van der Waals surface area contributed by atoms with Gasteiger partial charge in [-0.15, -0.1) is 23.0 Å². The number of benzene rings is 1. The molecule has 0 N–H and O–H groups in total. The van der Waals surface area contributed by atoms with Crippen LogP contribution in [0.2, 0.25) is 0 Å². The normalized spacial score (nSPS) is 11.2. The molecule has 30 heavy (non-hydrogen) atoms. The number of thiophene rings is 1. The van der Waals surface area contributed by atoms with Crippen LogP contribution in [0.1, 0.15) is 25.6 Å². The third-order valence-electron chi connectivity index (χ3n) is 4.65. The average molecular weight is 439 g/mol. The highest BCUT2D eigenvalue weighted by atomic mass is 32.2. The predicted molar refractivity (Wildman–Crippen MR) is 122 cm³/mol. The van der Waals surface area contributed by atoms with Crippen molar-refractivity contribution in [1.29, 1.82) is 0 Å². The summed E-state index contributed by atoms with van der Waals surface area (Å²) < 4.78 is 3.49. The van der Waals surface area contributed by atoms with Gasteiger partial charge in [-0.2, -0.15) is 0 Å². The molecule has 7 nitrogen and oxygen atoms in total. The molecule has 9 heteroatoms. The summed E-state index contributed by atoms with van der Waals surface area (Å²) in [5.41, 5.74) is 1.03. The SMILES string of the molecule is C=CCn1c(SCc2nnnn2CCCC)nc2sc(-c3ccccc3)cc2c1=O. The minimum absolute atomic E-state index is 0.0496. The molecule has 0 aliphatic rings. The lowest BCUT2D eigenvalue weighted by Gasteiger charge is -2.09. The summed E-state index contributed by atoms with van der Waals surface area (Å²) >= 11 is 3.01. The van der Waals surface area contributed by atoms with E-state index >= 15 is 0 Å². The van der Waals surface area contributed by atoms with Crippen LogP contribution in [-0.4, -0.2) is 29.8 Å². The number of hydrogen-bond donors (Lipinski definition) is 0. The number of hydrogen-bond acceptors (Lipinski definition) is 7. The van der Waals surface area contributed by atoms with Crippen molar-refractivity contribution in [2.75, 3.05) is 0 Å². The van der Waals surface area contributed by atoms with Gasteiger partial charge in [-0.1, -0.05) is 61.5 Å². The van der Waals surface area contributed by atoms with Crippen molar-refractivity contribution in [1.82, 2.24) is 29.8 Å². The summed E-state index contributed by atoms with van der Waals surface area (Å²) in [6.07, 6.45) is 3.81. The van der Waals surface area contributed by atoms with E-state index in [4.69, 9.17) is 4.98 Å². The summed E-state index contributed by atoms with van der Waals surface area (Å²) in [7, 11) is 0. The molecule has 0 fully saturated rings. The second-order valence-corrected chi connectivity index (χ2v) is 8.73. The number of unbranched alkanes of at least 4 members (excludes halogenated alkanes) is 1. The number of tetrazole rings is 1. The summed E-state index contributed by atoms with van der Waals surface area (Å²) in [5.74, 6) is 1.33. The molecule has 0 atom stereocenters. The Hall–Kier alpha value is -2.78. The minimum Gasteiger partial charge on any atom is -0.283 e. The molecule has 1 aromatic carbocycles. The van der Waals surface area contributed by atoms with Crippen LogP contribution in [0.3, 0.4) is 0 Å². The average Bonchev–Trinajstić information content (AvgIpc) is 3.40. The Kier molecular flexibility index (Phi) is 6.39. The standard InChI is InChI=1S/C21H22N6OS2/c1-3-5-12-27-18(23-24-25-27)14-29-21-22-19-16(20(28)26(21)11-4-2)13-17(30-19)15-9-7-6-8-10-15/h4,6-10,13H,2-3,5,11-12,14H2,1H3. The van der Waals surface area contributed by atoms with Gasteiger partial charge in [-0.05, 0) is 28.5 Å². The minimum atomic E-state index is -0.0496. The molecule has 0 aliphatic heterocycles. The first kappa shape index (κ1) is 20.5. The van der Waals surface area contributed by atoms with Gasteiger partial charge in [0, 0.05) is 18.0 Å². The van der Waals surface area contributed by atoms with Crippen molar-refractivity contribution in [3.63, 3.8) is 0 Å². The Bertz CT molecular complexity index is 1210. The van der Waals surface area contributed by atoms with E-state index in [1.165, 1.54) is 23.1 Å². The quantitative estimate of drug-likeness (QED) is 0.219. The Morgan fingerprint density at radius 1 is 1.27 bits per heavy atom. The molecule has 154 valence electrons. The van der Waals surface area contributed by atoms with Gasteiger partial charge in [-0.25, -0.2) is 9.67 Å². The zero-order chi connectivity index (χ0) is 20.9. The molecule has 0 aliphatic carbocycles. The molecule has 3 aromatic heterocycles. The lowest BCUT2D eigenvalue weighted by Crippen LogP contribution is -2.22. The Balaban J connectivity index is 1.68. The third kappa shape index (κ3) is 4.22. The van der Waals surface area contributed by atoms with Crippen molar-refractivity contribution in [3.8, 4) is 10.4 Å². The van der Waals surface area contributed by atoms with Crippen LogP contribution >= 0.6 is 23.1 Å². The topological polar surface area (TPSA) is 78.5 Å². The van der Waals surface area contributed by atoms with E-state index in [1.807, 2.05) is 41.1 Å². The maximum absolute atomic E-state index is 13.2. The van der Waals surface area contributed by atoms with Crippen LogP contribution < -0.4 is 5.56 Å². The lowest BCUT2D eigenvalue weighted by molar-refractivity contribution is 0.540. The molecule has 4 rings (SSSR count). The van der Waals surface area contributed by atoms with Gasteiger partial charge in [0.25, 0.3) is 5.56 Å². The first-order valence-electron chi connectivity index (χ1n) is 9.79. The summed E-state index contributed by atoms with van der Waals surface area (Å²) in [5, 5.41) is 13.3. The molecule has 0 saturated carbocycles. The Morgan fingerprint density at radius 2 is 2.10 bits per heavy atom. The second kappa shape index (κ2) is 9.36. The van der Waals surface area contributed by atoms with Crippen molar-refractivity contribution in [2.24, 2.45) is 0 Å². The number of nitrogens with zero attached hydrogens (tertiary/aromatic N) is 6. The van der Waals surface area contributed by atoms with Gasteiger partial charge < -0.3 is 0 Å². The Labute approximate surface area is 182 Å². The monoisotopic (exact) mass is 438 g/mol. The summed E-state index contributed by atoms with van der Waals surface area (Å²) in [4.78, 5) is 19.8. The van der Waals surface area contributed by atoms with Gasteiger partial charge in [0.1, 0.15) is 4.83 Å². The van der Waals surface area contributed by atoms with Crippen molar-refractivity contribution in [2.45, 2.75) is 43.8 Å². The van der Waals surface area contributed by atoms with E-state index < -0.39 is 0 Å². The van der Waals surface area contributed by atoms with Crippen molar-refractivity contribution in [3.05, 3.63) is 65.2 Å². The van der Waals surface area contributed by atoms with Gasteiger partial charge >= 0.3 is 0 Å². The number of aromatic nitrogens is 6. The molecule has 3 heterocycles. The largest absolute Gasteiger partial charge is 0.283 e. The maximum atomic E-state index is 13.2. The highest BCUT2D eigenvalue weighted by Crippen LogP contribution is 2.32. The van der Waals surface area contributed by atoms with Crippen LogP contribution in [0.4, 0.5) is 0 Å². The molecule has 0 saturated heterocycles. The number of allylic oxidation sites excluding steroid dienone is 1. The predicted octanol–water partition coefficient (Wildman–Crippen LogP) is 4.39. The molecule has 0 bridgehead atoms. The highest BCUT2D eigenvalue weighted by molar-refractivity contribution is 7.98. The van der Waals surface area contributed by atoms with Gasteiger partial charge in [0.15, 0.2) is 11.0 Å². The third-order valence-corrected chi connectivity index (χ3v) is 6.70. The smallest absolute Gasteiger partial charge is 0.263 e. The first-order valence-corrected chi connectivity index (χ1v) is 11.6. The fourth-order valence-corrected chi connectivity index (χ4v) is 5.10. The summed E-state index contributed by atoms with van der Waals surface area (Å²) in [6.45, 7) is 7.13. The van der Waals surface area contributed by atoms with E-state index in [9.17, 15) is 4.79 Å². The van der Waals surface area contributed by atoms with E-state index in [1.54, 1.807) is 10.6 Å². The van der Waals surface area contributed by atoms with Crippen LogP contribution in [-0.2, 0) is 18.8 Å². The van der Waals surface area contributed by atoms with Crippen LogP contribution in [0, 0.1) is 0 Å². The molecule has 0 radical (unpaired) electrons. The zero-order valence-electron chi connectivity index (χ0n) is 16.7. The number of fused-ring (bicyclic) bond motifs is 1. The number of aryl methyl sites for hydroxylation is 1. The highest BCUT2D eigenvalue weighted by Gasteiger charge is 2.16. The summed E-state index contributed by atoms with van der Waals surface area (Å²) in [6, 6.07) is 12.0. The molecule has 0 amide bonds. The first-order chi connectivity index (χ1) is 14.7. The molecular formula is C21H22N6OS2. The van der Waals surface area contributed by atoms with Crippen molar-refractivity contribution < 1.29 is 0 Å². The fraction of sp³-hybridized carbons (Fsp3) is 0.286. The maximum Gasteiger partial charge on any atom is 0.263 e. The fourth-order valence-electron chi connectivity index (χ4n) is 3.08. The molecule has 0 unspecified atom stereocenters. The van der Waals surface area contributed by atoms with E-state index in [0.29, 0.717) is 22.8 Å². The van der Waals surface area contributed by atoms with E-state index in [-0.39, 0.29) is 5.56 Å². The van der Waals surface area contributed by atoms with E-state index in [0.717, 1.165) is 40.5 Å². The van der Waals surface area contributed by atoms with Crippen LogP contribution in [0.25, 0.3) is 20.7 Å². The lowest BCUT2D eigenvalue weighted by atomic mass is 10.2. The molecule has 0 spiro atoms. The molecular weight excluding hydrogens is 416 g/mol. The number of thioether (sulfide) groups is 1. The van der Waals surface area contributed by atoms with Crippen LogP contribution in [0.5, 0.6) is 0 Å². The second-order valence-electron chi connectivity index (χ2n) is 6.75. The van der Waals surface area contributed by atoms with Crippen molar-refractivity contribution >= 4 is 33.3 Å². The van der Waals surface area contributed by atoms with Gasteiger partial charge in [-0.3, -0.25) is 9.36 Å². The number of rotatable bonds is 9. The Morgan fingerprint density at radius 3 is 2.87 bits per heavy atom. The van der Waals surface area contributed by atoms with Gasteiger partial charge in [0.2, 0.25) is 0 Å². The van der Waals surface area contributed by atoms with E-state index in [2.05, 4.69) is 29.0 Å².